The van der Waals surface area contributed by atoms with Crippen molar-refractivity contribution in [2.45, 2.75) is 6.92 Å². The Hall–Kier alpha value is -9.21. The molecular formula is C60H42N8O. The molecule has 69 heavy (non-hydrogen) atoms. The molecular weight excluding hydrogens is 849 g/mol. The first-order valence-corrected chi connectivity index (χ1v) is 23.3. The van der Waals surface area contributed by atoms with Gasteiger partial charge in [-0.25, -0.2) is 15.0 Å². The molecule has 0 saturated carbocycles. The van der Waals surface area contributed by atoms with Crippen LogP contribution in [0.25, 0.3) is 94.0 Å². The molecule has 0 amide bonds. The molecule has 14 rings (SSSR count). The summed E-state index contributed by atoms with van der Waals surface area (Å²) in [4.78, 5) is 20.4. The van der Waals surface area contributed by atoms with Crippen molar-refractivity contribution >= 4 is 82.5 Å². The van der Waals surface area contributed by atoms with E-state index in [2.05, 4.69) is 226 Å². The molecule has 0 aliphatic carbocycles. The summed E-state index contributed by atoms with van der Waals surface area (Å²) in [6.07, 6.45) is 3.72. The van der Waals surface area contributed by atoms with Gasteiger partial charge >= 0.3 is 0 Å². The normalized spacial score (nSPS) is 12.7. The molecule has 0 spiro atoms. The number of aromatic nitrogens is 6. The lowest BCUT2D eigenvalue weighted by molar-refractivity contribution is 0.483. The quantitative estimate of drug-likeness (QED) is 0.159. The zero-order chi connectivity index (χ0) is 45.7. The van der Waals surface area contributed by atoms with E-state index in [0.717, 1.165) is 123 Å². The van der Waals surface area contributed by atoms with Gasteiger partial charge < -0.3 is 14.5 Å². The summed E-state index contributed by atoms with van der Waals surface area (Å²) in [5.41, 5.74) is 12.6. The third kappa shape index (κ3) is 5.93. The second-order valence-corrected chi connectivity index (χ2v) is 17.9. The fourth-order valence-corrected chi connectivity index (χ4v) is 10.9. The van der Waals surface area contributed by atoms with Crippen molar-refractivity contribution in [2.24, 2.45) is 0 Å². The number of rotatable bonds is 7. The van der Waals surface area contributed by atoms with Crippen LogP contribution in [-0.2, 0) is 0 Å². The lowest BCUT2D eigenvalue weighted by Crippen LogP contribution is -2.23. The summed E-state index contributed by atoms with van der Waals surface area (Å²) in [5.74, 6) is 3.86. The first-order chi connectivity index (χ1) is 34.1. The van der Waals surface area contributed by atoms with Crippen LogP contribution >= 0.6 is 0 Å². The highest BCUT2D eigenvalue weighted by atomic mass is 16.5. The van der Waals surface area contributed by atoms with Gasteiger partial charge in [-0.3, -0.25) is 13.7 Å². The zero-order valence-electron chi connectivity index (χ0n) is 37.8. The number of aryl methyl sites for hydroxylation is 1. The molecule has 1 aliphatic rings. The van der Waals surface area contributed by atoms with E-state index in [1.807, 2.05) is 12.3 Å². The van der Waals surface area contributed by atoms with Gasteiger partial charge in [-0.2, -0.15) is 0 Å². The third-order valence-corrected chi connectivity index (χ3v) is 13.9. The van der Waals surface area contributed by atoms with Crippen LogP contribution in [0.3, 0.4) is 0 Å². The number of hydrogen-bond acceptors (Lipinski definition) is 6. The Morgan fingerprint density at radius 2 is 0.928 bits per heavy atom. The van der Waals surface area contributed by atoms with E-state index in [4.69, 9.17) is 19.7 Å². The molecule has 0 unspecified atom stereocenters. The van der Waals surface area contributed by atoms with E-state index in [1.54, 1.807) is 6.33 Å². The molecule has 0 bridgehead atoms. The Labute approximate surface area is 397 Å². The fraction of sp³-hybridized carbons (Fsp3) is 0.0500. The van der Waals surface area contributed by atoms with Crippen LogP contribution in [0, 0.1) is 6.92 Å². The minimum Gasteiger partial charge on any atom is -0.457 e. The maximum Gasteiger partial charge on any atom is 0.151 e. The van der Waals surface area contributed by atoms with Crippen molar-refractivity contribution in [3.05, 3.63) is 212 Å². The number of pyridine rings is 1. The summed E-state index contributed by atoms with van der Waals surface area (Å²) >= 11 is 0. The molecule has 9 nitrogen and oxygen atoms in total. The van der Waals surface area contributed by atoms with Crippen LogP contribution in [0.4, 0.5) is 17.1 Å². The van der Waals surface area contributed by atoms with Crippen LogP contribution in [0.15, 0.2) is 207 Å². The van der Waals surface area contributed by atoms with Crippen LogP contribution in [-0.4, -0.2) is 42.4 Å². The van der Waals surface area contributed by atoms with Gasteiger partial charge in [-0.1, -0.05) is 109 Å². The highest BCUT2D eigenvalue weighted by molar-refractivity contribution is 6.12. The van der Waals surface area contributed by atoms with Crippen LogP contribution < -0.4 is 14.5 Å². The number of fused-ring (bicyclic) bond motifs is 10. The first-order valence-electron chi connectivity index (χ1n) is 23.3. The second-order valence-electron chi connectivity index (χ2n) is 17.9. The van der Waals surface area contributed by atoms with E-state index >= 15 is 0 Å². The van der Waals surface area contributed by atoms with Gasteiger partial charge in [0, 0.05) is 68.9 Å². The highest BCUT2D eigenvalue weighted by Gasteiger charge is 2.27. The standard InChI is InChI=1S/C60H42N8O/c1-38-32-57(66-49-23-8-3-22-46(49)47-31-30-41(34-56(47)66)69-40-17-15-16-39(33-40)65-37-64(2)54-28-13-14-29-55(54)65)61-35-48(38)58-59(67-50-24-9-4-18-42(50)43-19-5-10-25-51(43)67)62-36-63-60(58)68-52-26-11-6-20-44(52)45-21-7-12-27-53(45)68/h3-36H,37H2,1-2H3. The highest BCUT2D eigenvalue weighted by Crippen LogP contribution is 2.44. The number of benzene rings is 8. The smallest absolute Gasteiger partial charge is 0.151 e. The third-order valence-electron chi connectivity index (χ3n) is 13.9. The average Bonchev–Trinajstić information content (AvgIpc) is 4.12. The van der Waals surface area contributed by atoms with Gasteiger partial charge in [0.2, 0.25) is 0 Å². The Morgan fingerprint density at radius 3 is 1.49 bits per heavy atom. The molecule has 328 valence electrons. The van der Waals surface area contributed by atoms with E-state index in [1.165, 1.54) is 11.4 Å². The predicted octanol–water partition coefficient (Wildman–Crippen LogP) is 14.5. The molecule has 13 aromatic rings. The Morgan fingerprint density at radius 1 is 0.435 bits per heavy atom. The van der Waals surface area contributed by atoms with Crippen LogP contribution in [0.2, 0.25) is 0 Å². The Balaban J connectivity index is 0.943. The summed E-state index contributed by atoms with van der Waals surface area (Å²) in [6.45, 7) is 2.94. The molecule has 5 aromatic heterocycles. The molecule has 0 atom stereocenters. The first kappa shape index (κ1) is 39.0. The van der Waals surface area contributed by atoms with Gasteiger partial charge in [-0.05, 0) is 85.3 Å². The van der Waals surface area contributed by atoms with Crippen molar-refractivity contribution < 1.29 is 4.74 Å². The van der Waals surface area contributed by atoms with E-state index in [0.29, 0.717) is 0 Å². The number of hydrogen-bond donors (Lipinski definition) is 0. The van der Waals surface area contributed by atoms with Gasteiger partial charge in [-0.15, -0.1) is 0 Å². The summed E-state index contributed by atoms with van der Waals surface area (Å²) in [6, 6.07) is 68.2. The minimum atomic E-state index is 0.740. The lowest BCUT2D eigenvalue weighted by atomic mass is 10.0. The average molecular weight is 891 g/mol. The van der Waals surface area contributed by atoms with Gasteiger partial charge in [0.15, 0.2) is 11.6 Å². The van der Waals surface area contributed by atoms with Gasteiger partial charge in [0.25, 0.3) is 0 Å². The monoisotopic (exact) mass is 890 g/mol. The van der Waals surface area contributed by atoms with Crippen molar-refractivity contribution in [3.63, 3.8) is 0 Å². The maximum absolute atomic E-state index is 6.72. The summed E-state index contributed by atoms with van der Waals surface area (Å²) in [7, 11) is 2.13. The molecule has 0 saturated heterocycles. The van der Waals surface area contributed by atoms with Crippen LogP contribution in [0.1, 0.15) is 5.56 Å². The van der Waals surface area contributed by atoms with Crippen molar-refractivity contribution in [3.8, 4) is 40.1 Å². The van der Waals surface area contributed by atoms with Crippen molar-refractivity contribution in [1.29, 1.82) is 0 Å². The van der Waals surface area contributed by atoms with Gasteiger partial charge in [0.05, 0.1) is 56.7 Å². The Bertz CT molecular complexity index is 3980. The minimum absolute atomic E-state index is 0.740. The molecule has 0 radical (unpaired) electrons. The van der Waals surface area contributed by atoms with Crippen LogP contribution in [0.5, 0.6) is 11.5 Å². The van der Waals surface area contributed by atoms with E-state index in [9.17, 15) is 0 Å². The number of ether oxygens (including phenoxy) is 1. The summed E-state index contributed by atoms with van der Waals surface area (Å²) < 4.78 is 13.6. The maximum atomic E-state index is 6.72. The zero-order valence-corrected chi connectivity index (χ0v) is 37.8. The molecule has 1 aliphatic heterocycles. The molecule has 6 heterocycles. The largest absolute Gasteiger partial charge is 0.457 e. The second kappa shape index (κ2) is 15.2. The molecule has 0 N–H and O–H groups in total. The topological polar surface area (TPSA) is 69.2 Å². The SMILES string of the molecule is Cc1cc(-n2c3ccccc3c3ccc(Oc4cccc(N5CN(C)c6ccccc65)c4)cc32)ncc1-c1c(-n2c3ccccc3c3ccccc32)ncnc1-n1c2ccccc2c2ccccc21. The van der Waals surface area contributed by atoms with Gasteiger partial charge in [0.1, 0.15) is 23.6 Å². The number of anilines is 3. The fourth-order valence-electron chi connectivity index (χ4n) is 10.9. The lowest BCUT2D eigenvalue weighted by Gasteiger charge is -2.20. The Kier molecular flexibility index (Phi) is 8.57. The molecule has 9 heteroatoms. The summed E-state index contributed by atoms with van der Waals surface area (Å²) in [5, 5.41) is 6.90. The predicted molar refractivity (Wildman–Crippen MR) is 281 cm³/mol. The number of nitrogens with zero attached hydrogens (tertiary/aromatic N) is 8. The molecule has 0 fully saturated rings. The van der Waals surface area contributed by atoms with E-state index in [-0.39, 0.29) is 0 Å². The van der Waals surface area contributed by atoms with Crippen molar-refractivity contribution in [2.75, 3.05) is 23.5 Å². The van der Waals surface area contributed by atoms with Crippen molar-refractivity contribution in [1.82, 2.24) is 28.7 Å². The molecule has 8 aromatic carbocycles. The number of para-hydroxylation sites is 7. The van der Waals surface area contributed by atoms with E-state index < -0.39 is 0 Å².